The van der Waals surface area contributed by atoms with E-state index in [0.29, 0.717) is 18.2 Å². The standard InChI is InChI=1S/C9H10ClN3O3S/c10-7-6(8(15)16)17-9(12-7)13-3-1-2-11-5(14)4-13/h1-4H2,(H,11,14)(H,15,16). The fourth-order valence-electron chi connectivity index (χ4n) is 1.53. The fraction of sp³-hybridized carbons (Fsp3) is 0.444. The van der Waals surface area contributed by atoms with Crippen LogP contribution >= 0.6 is 22.9 Å². The van der Waals surface area contributed by atoms with E-state index >= 15 is 0 Å². The Kier molecular flexibility index (Phi) is 3.49. The molecule has 1 aliphatic rings. The molecule has 0 aliphatic carbocycles. The van der Waals surface area contributed by atoms with Crippen LogP contribution in [0.15, 0.2) is 0 Å². The molecule has 92 valence electrons. The number of rotatable bonds is 2. The monoisotopic (exact) mass is 275 g/mol. The van der Waals surface area contributed by atoms with Crippen LogP contribution in [0.5, 0.6) is 0 Å². The largest absolute Gasteiger partial charge is 0.477 e. The van der Waals surface area contributed by atoms with Gasteiger partial charge in [0.25, 0.3) is 0 Å². The topological polar surface area (TPSA) is 82.5 Å². The third-order valence-electron chi connectivity index (χ3n) is 2.30. The molecular weight excluding hydrogens is 266 g/mol. The van der Waals surface area contributed by atoms with Crippen LogP contribution < -0.4 is 10.2 Å². The van der Waals surface area contributed by atoms with Crippen LogP contribution in [0.3, 0.4) is 0 Å². The zero-order valence-electron chi connectivity index (χ0n) is 8.77. The molecule has 0 aromatic carbocycles. The molecular formula is C9H10ClN3O3S. The van der Waals surface area contributed by atoms with Crippen molar-refractivity contribution in [3.05, 3.63) is 10.0 Å². The number of amides is 1. The normalized spacial score (nSPS) is 16.5. The highest BCUT2D eigenvalue weighted by molar-refractivity contribution is 7.18. The molecule has 0 radical (unpaired) electrons. The van der Waals surface area contributed by atoms with E-state index in [1.54, 1.807) is 4.90 Å². The van der Waals surface area contributed by atoms with Crippen molar-refractivity contribution in [2.75, 3.05) is 24.5 Å². The van der Waals surface area contributed by atoms with E-state index in [-0.39, 0.29) is 22.5 Å². The first-order chi connectivity index (χ1) is 8.08. The number of thiazole rings is 1. The van der Waals surface area contributed by atoms with E-state index in [9.17, 15) is 9.59 Å². The van der Waals surface area contributed by atoms with Gasteiger partial charge in [-0.3, -0.25) is 4.79 Å². The second-order valence-electron chi connectivity index (χ2n) is 3.55. The summed E-state index contributed by atoms with van der Waals surface area (Å²) in [5.74, 6) is -1.19. The van der Waals surface area contributed by atoms with Gasteiger partial charge < -0.3 is 15.3 Å². The number of hydrogen-bond donors (Lipinski definition) is 2. The number of aromatic carboxylic acids is 1. The SMILES string of the molecule is O=C1CN(c2nc(Cl)c(C(=O)O)s2)CCCN1. The van der Waals surface area contributed by atoms with Crippen LogP contribution in [0.1, 0.15) is 16.1 Å². The van der Waals surface area contributed by atoms with Crippen LogP contribution in [-0.2, 0) is 4.79 Å². The highest BCUT2D eigenvalue weighted by Crippen LogP contribution is 2.29. The quantitative estimate of drug-likeness (QED) is 0.835. The van der Waals surface area contributed by atoms with Gasteiger partial charge >= 0.3 is 5.97 Å². The third-order valence-corrected chi connectivity index (χ3v) is 3.79. The van der Waals surface area contributed by atoms with Crippen LogP contribution in [0, 0.1) is 0 Å². The zero-order valence-corrected chi connectivity index (χ0v) is 10.3. The molecule has 2 N–H and O–H groups in total. The number of aromatic nitrogens is 1. The Morgan fingerprint density at radius 3 is 3.00 bits per heavy atom. The zero-order chi connectivity index (χ0) is 12.4. The van der Waals surface area contributed by atoms with Crippen molar-refractivity contribution in [2.24, 2.45) is 0 Å². The highest BCUT2D eigenvalue weighted by Gasteiger charge is 2.22. The third kappa shape index (κ3) is 2.67. The Hall–Kier alpha value is -1.34. The van der Waals surface area contributed by atoms with E-state index in [1.807, 2.05) is 0 Å². The lowest BCUT2D eigenvalue weighted by Crippen LogP contribution is -2.32. The average molecular weight is 276 g/mol. The van der Waals surface area contributed by atoms with E-state index in [1.165, 1.54) is 0 Å². The number of halogens is 1. The maximum Gasteiger partial charge on any atom is 0.349 e. The van der Waals surface area contributed by atoms with Crippen molar-refractivity contribution < 1.29 is 14.7 Å². The number of nitrogens with zero attached hydrogens (tertiary/aromatic N) is 2. The van der Waals surface area contributed by atoms with Crippen molar-refractivity contribution >= 4 is 39.9 Å². The molecule has 8 heteroatoms. The number of carbonyl (C=O) groups excluding carboxylic acids is 1. The molecule has 0 atom stereocenters. The summed E-state index contributed by atoms with van der Waals surface area (Å²) in [6.45, 7) is 1.46. The molecule has 1 amide bonds. The Labute approximate surface area is 106 Å². The lowest BCUT2D eigenvalue weighted by Gasteiger charge is -2.16. The first-order valence-corrected chi connectivity index (χ1v) is 6.18. The molecule has 6 nitrogen and oxygen atoms in total. The number of nitrogens with one attached hydrogen (secondary N) is 1. The van der Waals surface area contributed by atoms with Gasteiger partial charge in [0.1, 0.15) is 0 Å². The summed E-state index contributed by atoms with van der Waals surface area (Å²) >= 11 is 6.72. The summed E-state index contributed by atoms with van der Waals surface area (Å²) in [6, 6.07) is 0. The Morgan fingerprint density at radius 2 is 2.35 bits per heavy atom. The molecule has 2 rings (SSSR count). The number of carboxylic acids is 1. The second-order valence-corrected chi connectivity index (χ2v) is 4.88. The smallest absolute Gasteiger partial charge is 0.349 e. The van der Waals surface area contributed by atoms with Crippen LogP contribution in [0.25, 0.3) is 0 Å². The molecule has 17 heavy (non-hydrogen) atoms. The summed E-state index contributed by atoms with van der Waals surface area (Å²) in [6.07, 6.45) is 0.797. The molecule has 1 aliphatic heterocycles. The van der Waals surface area contributed by atoms with Crippen molar-refractivity contribution in [3.63, 3.8) is 0 Å². The molecule has 2 heterocycles. The second kappa shape index (κ2) is 4.89. The molecule has 0 bridgehead atoms. The summed E-state index contributed by atoms with van der Waals surface area (Å²) in [4.78, 5) is 27.9. The van der Waals surface area contributed by atoms with Gasteiger partial charge in [-0.15, -0.1) is 0 Å². The van der Waals surface area contributed by atoms with Gasteiger partial charge in [0.2, 0.25) is 5.91 Å². The van der Waals surface area contributed by atoms with E-state index in [2.05, 4.69) is 10.3 Å². The van der Waals surface area contributed by atoms with Gasteiger partial charge in [0.15, 0.2) is 15.2 Å². The van der Waals surface area contributed by atoms with Crippen LogP contribution in [0.4, 0.5) is 5.13 Å². The molecule has 1 aromatic heterocycles. The highest BCUT2D eigenvalue weighted by atomic mass is 35.5. The summed E-state index contributed by atoms with van der Waals surface area (Å²) in [5, 5.41) is 12.1. The number of hydrogen-bond acceptors (Lipinski definition) is 5. The Bertz CT molecular complexity index is 462. The van der Waals surface area contributed by atoms with Gasteiger partial charge in [0.05, 0.1) is 6.54 Å². The molecule has 1 aromatic rings. The van der Waals surface area contributed by atoms with Gasteiger partial charge in [-0.25, -0.2) is 9.78 Å². The fourth-order valence-corrected chi connectivity index (χ4v) is 2.68. The van der Waals surface area contributed by atoms with Gasteiger partial charge in [-0.1, -0.05) is 22.9 Å². The minimum Gasteiger partial charge on any atom is -0.477 e. The van der Waals surface area contributed by atoms with E-state index in [4.69, 9.17) is 16.7 Å². The first kappa shape index (κ1) is 12.1. The van der Waals surface area contributed by atoms with Crippen molar-refractivity contribution in [2.45, 2.75) is 6.42 Å². The minimum absolute atomic E-state index is 0.00585. The predicted molar refractivity (Wildman–Crippen MR) is 63.9 cm³/mol. The van der Waals surface area contributed by atoms with Crippen LogP contribution in [0.2, 0.25) is 5.15 Å². The maximum atomic E-state index is 11.4. The first-order valence-electron chi connectivity index (χ1n) is 4.99. The van der Waals surface area contributed by atoms with E-state index in [0.717, 1.165) is 17.8 Å². The maximum absolute atomic E-state index is 11.4. The Balaban J connectivity index is 2.23. The summed E-state index contributed by atoms with van der Waals surface area (Å²) in [5.41, 5.74) is 0. The van der Waals surface area contributed by atoms with Crippen molar-refractivity contribution in [1.82, 2.24) is 10.3 Å². The Morgan fingerprint density at radius 1 is 1.59 bits per heavy atom. The number of carboxylic acid groups (broad SMARTS) is 1. The van der Waals surface area contributed by atoms with Crippen molar-refractivity contribution in [3.8, 4) is 0 Å². The summed E-state index contributed by atoms with van der Waals surface area (Å²) in [7, 11) is 0. The minimum atomic E-state index is -1.10. The van der Waals surface area contributed by atoms with Crippen LogP contribution in [-0.4, -0.2) is 41.6 Å². The average Bonchev–Trinajstić information content (AvgIpc) is 2.51. The van der Waals surface area contributed by atoms with Gasteiger partial charge in [-0.2, -0.15) is 0 Å². The molecule has 0 spiro atoms. The van der Waals surface area contributed by atoms with E-state index < -0.39 is 5.97 Å². The van der Waals surface area contributed by atoms with Crippen molar-refractivity contribution in [1.29, 1.82) is 0 Å². The molecule has 1 fully saturated rings. The molecule has 0 unspecified atom stereocenters. The molecule has 1 saturated heterocycles. The number of anilines is 1. The lowest BCUT2D eigenvalue weighted by atomic mass is 10.4. The number of carbonyl (C=O) groups is 2. The lowest BCUT2D eigenvalue weighted by molar-refractivity contribution is -0.119. The van der Waals surface area contributed by atoms with Gasteiger partial charge in [0, 0.05) is 13.1 Å². The predicted octanol–water partition coefficient (Wildman–Crippen LogP) is 0.821. The summed E-state index contributed by atoms with van der Waals surface area (Å²) < 4.78 is 0. The molecule has 0 saturated carbocycles. The van der Waals surface area contributed by atoms with Gasteiger partial charge in [-0.05, 0) is 6.42 Å².